The van der Waals surface area contributed by atoms with Crippen molar-refractivity contribution in [2.24, 2.45) is 0 Å². The van der Waals surface area contributed by atoms with Crippen LogP contribution in [0.25, 0.3) is 0 Å². The van der Waals surface area contributed by atoms with Gasteiger partial charge in [-0.1, -0.05) is 0 Å². The normalized spacial score (nSPS) is 6.94. The summed E-state index contributed by atoms with van der Waals surface area (Å²) in [6, 6.07) is 0. The molecule has 6 nitrogen and oxygen atoms in total. The molecule has 0 amide bonds. The number of hydrogen-bond acceptors (Lipinski definition) is 3. The molecule has 0 unspecified atom stereocenters. The van der Waals surface area contributed by atoms with Gasteiger partial charge < -0.3 is 15.3 Å². The Hall–Kier alpha value is -2.80. The maximum Gasteiger partial charge on any atom is 0.335 e. The van der Waals surface area contributed by atoms with E-state index in [1.54, 1.807) is 0 Å². The summed E-state index contributed by atoms with van der Waals surface area (Å²) in [7, 11) is 0. The number of carboxylic acid groups (broad SMARTS) is 3. The molecule has 0 aromatic heterocycles. The molecule has 0 radical (unpaired) electrons. The maximum atomic E-state index is 10.5. The zero-order valence-electron chi connectivity index (χ0n) is 7.68. The zero-order chi connectivity index (χ0) is 12.9. The van der Waals surface area contributed by atoms with Gasteiger partial charge in [-0.2, -0.15) is 0 Å². The monoisotopic (exact) mass is 477 g/mol. The van der Waals surface area contributed by atoms with E-state index in [0.29, 0.717) is 0 Å². The van der Waals surface area contributed by atoms with E-state index in [4.69, 9.17) is 29.7 Å². The number of halogens is 3. The third-order valence-corrected chi connectivity index (χ3v) is 0.343. The van der Waals surface area contributed by atoms with Gasteiger partial charge in [0.05, 0.1) is 0 Å². The SMILES string of the molecule is O=C(O)CF.O=C(O)CF.O=C(O)CF.[Cm]. The van der Waals surface area contributed by atoms with E-state index in [1.807, 2.05) is 0 Å². The van der Waals surface area contributed by atoms with Crippen molar-refractivity contribution in [3.8, 4) is 0 Å². The Balaban J connectivity index is -0.0000000655. The van der Waals surface area contributed by atoms with E-state index in [9.17, 15) is 13.2 Å². The number of rotatable bonds is 3. The van der Waals surface area contributed by atoms with Crippen LogP contribution in [0.1, 0.15) is 0 Å². The average Bonchev–Trinajstić information content (AvgIpc) is 2.19. The zero-order valence-corrected chi connectivity index (χ0v) is 10.6. The Morgan fingerprint density at radius 2 is 0.750 bits per heavy atom. The summed E-state index contributed by atoms with van der Waals surface area (Å²) in [5.41, 5.74) is 0. The quantitative estimate of drug-likeness (QED) is 0.529. The minimum atomic E-state index is -1.41. The van der Waals surface area contributed by atoms with Crippen LogP contribution in [-0.4, -0.2) is 53.3 Å². The van der Waals surface area contributed by atoms with Gasteiger partial charge in [0.1, 0.15) is 0 Å². The first-order valence-corrected chi connectivity index (χ1v) is 3.15. The average molecular weight is 481 g/mol. The molecule has 0 rings (SSSR count). The van der Waals surface area contributed by atoms with Gasteiger partial charge >= 0.3 is 17.9 Å². The van der Waals surface area contributed by atoms with Crippen molar-refractivity contribution in [2.75, 3.05) is 20.0 Å². The molecule has 0 bridgehead atoms. The second-order valence-corrected chi connectivity index (χ2v) is 1.58. The smallest absolute Gasteiger partial charge is 0.335 e. The van der Waals surface area contributed by atoms with E-state index in [-0.39, 0.29) is 0 Å². The number of hydrogen-bond donors (Lipinski definition) is 3. The molecule has 0 aromatic rings. The summed E-state index contributed by atoms with van der Waals surface area (Å²) in [6.07, 6.45) is 0. The van der Waals surface area contributed by atoms with Gasteiger partial charge in [-0.05, 0) is 0 Å². The topological polar surface area (TPSA) is 112 Å². The van der Waals surface area contributed by atoms with E-state index in [0.717, 1.165) is 0 Å². The third-order valence-electron chi connectivity index (χ3n) is 0.343. The number of carboxylic acids is 3. The Morgan fingerprint density at radius 1 is 0.688 bits per heavy atom. The largest absolute Gasteiger partial charge is 0.479 e. The number of alkyl halides is 3. The van der Waals surface area contributed by atoms with E-state index in [2.05, 4.69) is 0 Å². The Bertz CT molecular complexity index is 167. The molecular formula is C6H9CmF3O6. The van der Waals surface area contributed by atoms with Crippen molar-refractivity contribution in [3.63, 3.8) is 0 Å². The van der Waals surface area contributed by atoms with Gasteiger partial charge in [-0.3, -0.25) is 0 Å². The molecule has 98 valence electrons. The van der Waals surface area contributed by atoms with Gasteiger partial charge in [0, 0.05) is 0 Å². The summed E-state index contributed by atoms with van der Waals surface area (Å²) in [6.45, 7) is -3.83. The van der Waals surface area contributed by atoms with Crippen LogP contribution in [0, 0.1) is 0 Å². The van der Waals surface area contributed by atoms with Crippen molar-refractivity contribution >= 4 is 17.9 Å². The summed E-state index contributed by atoms with van der Waals surface area (Å²) in [4.78, 5) is 27.0. The number of carbonyl (C=O) groups is 3. The molecule has 0 saturated carbocycles. The summed E-state index contributed by atoms with van der Waals surface area (Å²) >= 11 is 0. The molecule has 0 aliphatic carbocycles. The van der Waals surface area contributed by atoms with E-state index in [1.165, 1.54) is 0 Å². The molecule has 10 heteroatoms. The first-order valence-electron chi connectivity index (χ1n) is 3.15. The first-order chi connectivity index (χ1) is 6.81. The van der Waals surface area contributed by atoms with Crippen molar-refractivity contribution in [2.45, 2.75) is 0 Å². The minimum Gasteiger partial charge on any atom is -0.479 e. The van der Waals surface area contributed by atoms with Gasteiger partial charge in [0.2, 0.25) is 0 Å². The fourth-order valence-electron chi connectivity index (χ4n) is 0. The molecule has 0 atom stereocenters. The molecule has 0 fully saturated rings. The number of aliphatic carboxylic acids is 3. The second kappa shape index (κ2) is 18.1. The molecule has 3 N–H and O–H groups in total. The van der Waals surface area contributed by atoms with E-state index < -0.39 is 37.9 Å². The van der Waals surface area contributed by atoms with Gasteiger partial charge in [0.25, 0.3) is 0 Å². The standard InChI is InChI=1S/3C2H3FO2.Cm/c3*3-1-2(4)5;/h3*1H2,(H,4,5);. The minimum absolute atomic E-state index is 0. The van der Waals surface area contributed by atoms with E-state index >= 15 is 0 Å². The summed E-state index contributed by atoms with van der Waals surface area (Å²) in [5, 5.41) is 22.0. The Morgan fingerprint density at radius 3 is 0.750 bits per heavy atom. The van der Waals surface area contributed by atoms with Crippen LogP contribution in [0.15, 0.2) is 0 Å². The summed E-state index contributed by atoms with van der Waals surface area (Å²) in [5.74, 6) is -4.24. The van der Waals surface area contributed by atoms with Crippen LogP contribution >= 0.6 is 0 Å². The first kappa shape index (κ1) is 23.2. The van der Waals surface area contributed by atoms with Crippen LogP contribution in [0.2, 0.25) is 0 Å². The van der Waals surface area contributed by atoms with Gasteiger partial charge in [-0.15, -0.1) is 0 Å². The second-order valence-electron chi connectivity index (χ2n) is 1.58. The predicted molar refractivity (Wildman–Crippen MR) is 40.8 cm³/mol. The Kier molecular flexibility index (Phi) is 26.2. The molecule has 0 spiro atoms. The molecular weight excluding hydrogens is 472 g/mol. The van der Waals surface area contributed by atoms with Crippen molar-refractivity contribution in [1.29, 1.82) is 0 Å². The third kappa shape index (κ3) is 114. The maximum absolute atomic E-state index is 10.5. The fraction of sp³-hybridized carbons (Fsp3) is 0.500. The van der Waals surface area contributed by atoms with Gasteiger partial charge in [0.15, 0.2) is 20.0 Å². The molecule has 0 aliphatic rings. The molecule has 0 saturated heterocycles. The van der Waals surface area contributed by atoms with Crippen molar-refractivity contribution in [1.82, 2.24) is 0 Å². The van der Waals surface area contributed by atoms with Crippen LogP contribution in [0.5, 0.6) is 0 Å². The Labute approximate surface area is 81.9 Å². The van der Waals surface area contributed by atoms with Crippen LogP contribution < -0.4 is 0 Å². The van der Waals surface area contributed by atoms with Crippen LogP contribution in [0.4, 0.5) is 13.2 Å². The van der Waals surface area contributed by atoms with Gasteiger partial charge in [-0.25, -0.2) is 27.6 Å². The molecule has 0 heterocycles. The van der Waals surface area contributed by atoms with Crippen LogP contribution in [0.3, 0.4) is 0 Å². The summed E-state index contributed by atoms with van der Waals surface area (Å²) < 4.78 is 31.5. The van der Waals surface area contributed by atoms with Crippen LogP contribution in [-0.2, 0) is 14.4 Å². The molecule has 16 heavy (non-hydrogen) atoms. The fourth-order valence-corrected chi connectivity index (χ4v) is 0. The molecule has 0 aromatic carbocycles. The molecule has 0 aliphatic heterocycles. The van der Waals surface area contributed by atoms with Crippen molar-refractivity contribution < 1.29 is 42.9 Å². The predicted octanol–water partition coefficient (Wildman–Crippen LogP) is 0.121. The van der Waals surface area contributed by atoms with Crippen molar-refractivity contribution in [3.05, 3.63) is 0 Å².